The number of methoxy groups -OCH3 is 1. The SMILES string of the molecule is C=O.CC.CC(C)(C)CC1NCC(c2cccc(Cl)c2F)C1C#N.CNc1ccc(C(C)=O)cc1OC.Cc1cccc(F)c1. The lowest BCUT2D eigenvalue weighted by Gasteiger charge is -2.26. The third kappa shape index (κ3) is 13.8. The molecule has 0 amide bonds. The maximum absolute atomic E-state index is 14.2. The smallest absolute Gasteiger partial charge is 0.159 e. The molecule has 0 radical (unpaired) electrons. The predicted molar refractivity (Wildman–Crippen MR) is 181 cm³/mol. The molecule has 1 aliphatic rings. The van der Waals surface area contributed by atoms with Crippen molar-refractivity contribution in [2.75, 3.05) is 26.0 Å². The summed E-state index contributed by atoms with van der Waals surface area (Å²) < 4.78 is 31.4. The molecule has 45 heavy (non-hydrogen) atoms. The molecule has 1 fully saturated rings. The van der Waals surface area contributed by atoms with E-state index in [1.165, 1.54) is 25.1 Å². The molecule has 3 aromatic rings. The predicted octanol–water partition coefficient (Wildman–Crippen LogP) is 9.03. The number of Topliss-reactive ketones (excluding diaryl/α,β-unsaturated/α-hetero) is 1. The zero-order valence-corrected chi connectivity index (χ0v) is 28.7. The Morgan fingerprint density at radius 2 is 1.73 bits per heavy atom. The minimum absolute atomic E-state index is 0.0425. The van der Waals surface area contributed by atoms with Crippen molar-refractivity contribution >= 4 is 29.9 Å². The van der Waals surface area contributed by atoms with Gasteiger partial charge in [-0.25, -0.2) is 8.78 Å². The maximum Gasteiger partial charge on any atom is 0.159 e. The van der Waals surface area contributed by atoms with Gasteiger partial charge in [-0.1, -0.05) is 70.5 Å². The summed E-state index contributed by atoms with van der Waals surface area (Å²) in [6.07, 6.45) is 0.893. The summed E-state index contributed by atoms with van der Waals surface area (Å²) in [5, 5.41) is 16.0. The Balaban J connectivity index is 0.000000664. The van der Waals surface area contributed by atoms with Crippen LogP contribution in [0.15, 0.2) is 60.7 Å². The molecule has 3 aromatic carbocycles. The average molecular weight is 644 g/mol. The van der Waals surface area contributed by atoms with Crippen LogP contribution in [-0.4, -0.2) is 39.3 Å². The van der Waals surface area contributed by atoms with Crippen molar-refractivity contribution < 1.29 is 23.1 Å². The standard InChI is InChI=1S/C16H20ClFN2.C10H13NO2.C7H7F.C2H6.CH2O/c1-16(2,3)7-14-11(8-19)12(9-20-14)10-5-4-6-13(17)15(10)18;1-7(12)8-4-5-9(11-2)10(6-8)13-3;1-6-3-2-4-7(8)5-6;2*1-2/h4-6,11-12,14,20H,7,9H2,1-3H3;4-6,11H,1-3H3;2-5H,1H3;1-2H3;1H2. The Kier molecular flexibility index (Phi) is 19.3. The van der Waals surface area contributed by atoms with Gasteiger partial charge in [0.05, 0.1) is 29.8 Å². The minimum atomic E-state index is -0.391. The van der Waals surface area contributed by atoms with Crippen LogP contribution >= 0.6 is 11.6 Å². The van der Waals surface area contributed by atoms with Crippen molar-refractivity contribution in [2.24, 2.45) is 11.3 Å². The Hall–Kier alpha value is -3.80. The van der Waals surface area contributed by atoms with Crippen LogP contribution in [0.3, 0.4) is 0 Å². The molecule has 0 aromatic heterocycles. The van der Waals surface area contributed by atoms with Crippen molar-refractivity contribution in [1.29, 1.82) is 5.26 Å². The molecule has 2 N–H and O–H groups in total. The first-order valence-electron chi connectivity index (χ1n) is 14.8. The monoisotopic (exact) mass is 643 g/mol. The molecular formula is C36H48ClF2N3O3. The number of anilines is 1. The lowest BCUT2D eigenvalue weighted by molar-refractivity contribution is -0.0980. The van der Waals surface area contributed by atoms with Gasteiger partial charge in [-0.3, -0.25) is 4.79 Å². The van der Waals surface area contributed by atoms with Crippen LogP contribution < -0.4 is 15.4 Å². The zero-order valence-electron chi connectivity index (χ0n) is 27.9. The number of rotatable bonds is 5. The van der Waals surface area contributed by atoms with Crippen LogP contribution in [0.5, 0.6) is 5.75 Å². The van der Waals surface area contributed by atoms with E-state index in [0.29, 0.717) is 23.4 Å². The summed E-state index contributed by atoms with van der Waals surface area (Å²) in [5.74, 6) is -0.174. The van der Waals surface area contributed by atoms with Crippen LogP contribution in [-0.2, 0) is 4.79 Å². The van der Waals surface area contributed by atoms with E-state index >= 15 is 0 Å². The largest absolute Gasteiger partial charge is 0.495 e. The number of halogens is 3. The van der Waals surface area contributed by atoms with Gasteiger partial charge in [0.15, 0.2) is 5.78 Å². The molecule has 1 saturated heterocycles. The van der Waals surface area contributed by atoms with E-state index in [-0.39, 0.29) is 39.9 Å². The van der Waals surface area contributed by atoms with Gasteiger partial charge in [0.1, 0.15) is 24.2 Å². The molecule has 1 aliphatic heterocycles. The number of ether oxygens (including phenoxy) is 1. The summed E-state index contributed by atoms with van der Waals surface area (Å²) in [6, 6.07) is 19.3. The number of nitrogens with zero attached hydrogens (tertiary/aromatic N) is 1. The topological polar surface area (TPSA) is 91.2 Å². The van der Waals surface area contributed by atoms with Crippen LogP contribution in [0.4, 0.5) is 14.5 Å². The van der Waals surface area contributed by atoms with Crippen LogP contribution in [0, 0.1) is 41.2 Å². The molecule has 3 unspecified atom stereocenters. The van der Waals surface area contributed by atoms with Gasteiger partial charge in [-0.05, 0) is 73.2 Å². The van der Waals surface area contributed by atoms with Crippen molar-refractivity contribution in [3.63, 3.8) is 0 Å². The molecule has 6 nitrogen and oxygen atoms in total. The molecule has 0 spiro atoms. The van der Waals surface area contributed by atoms with Crippen LogP contribution in [0.25, 0.3) is 0 Å². The molecule has 1 heterocycles. The number of ketones is 1. The molecule has 0 aliphatic carbocycles. The molecule has 4 rings (SSSR count). The first kappa shape index (κ1) is 41.2. The van der Waals surface area contributed by atoms with E-state index in [9.17, 15) is 18.8 Å². The van der Waals surface area contributed by atoms with Gasteiger partial charge in [0.2, 0.25) is 0 Å². The van der Waals surface area contributed by atoms with Crippen LogP contribution in [0.1, 0.15) is 75.4 Å². The Morgan fingerprint density at radius 3 is 2.20 bits per heavy atom. The Labute approximate surface area is 273 Å². The number of carbonyl (C=O) groups excluding carboxylic acids is 2. The van der Waals surface area contributed by atoms with E-state index in [1.54, 1.807) is 37.4 Å². The lowest BCUT2D eigenvalue weighted by atomic mass is 9.79. The van der Waals surface area contributed by atoms with Gasteiger partial charge in [0, 0.05) is 31.1 Å². The van der Waals surface area contributed by atoms with Crippen molar-refractivity contribution in [3.8, 4) is 11.8 Å². The first-order valence-corrected chi connectivity index (χ1v) is 15.1. The van der Waals surface area contributed by atoms with Crippen molar-refractivity contribution in [3.05, 3.63) is 94.0 Å². The van der Waals surface area contributed by atoms with Gasteiger partial charge in [-0.2, -0.15) is 5.26 Å². The quantitative estimate of drug-likeness (QED) is 0.270. The fraction of sp³-hybridized carbons (Fsp3) is 0.417. The van der Waals surface area contributed by atoms with Gasteiger partial charge in [0.25, 0.3) is 0 Å². The summed E-state index contributed by atoms with van der Waals surface area (Å²) in [6.45, 7) is 16.5. The normalized spacial score (nSPS) is 16.4. The highest BCUT2D eigenvalue weighted by molar-refractivity contribution is 6.30. The van der Waals surface area contributed by atoms with E-state index in [1.807, 2.05) is 46.7 Å². The van der Waals surface area contributed by atoms with E-state index in [0.717, 1.165) is 17.7 Å². The van der Waals surface area contributed by atoms with Crippen molar-refractivity contribution in [1.82, 2.24) is 5.32 Å². The summed E-state index contributed by atoms with van der Waals surface area (Å²) in [7, 11) is 3.39. The fourth-order valence-electron chi connectivity index (χ4n) is 4.68. The maximum atomic E-state index is 14.2. The summed E-state index contributed by atoms with van der Waals surface area (Å²) >= 11 is 5.85. The number of carbonyl (C=O) groups is 2. The minimum Gasteiger partial charge on any atom is -0.495 e. The second-order valence-corrected chi connectivity index (χ2v) is 11.6. The molecule has 0 saturated carbocycles. The average Bonchev–Trinajstić information content (AvgIpc) is 3.41. The number of aryl methyl sites for hydroxylation is 1. The molecular weight excluding hydrogens is 596 g/mol. The lowest BCUT2D eigenvalue weighted by Crippen LogP contribution is -2.31. The van der Waals surface area contributed by atoms with E-state index in [2.05, 4.69) is 37.5 Å². The van der Waals surface area contributed by atoms with Gasteiger partial charge < -0.3 is 20.2 Å². The third-order valence-electron chi connectivity index (χ3n) is 6.69. The number of nitriles is 1. The van der Waals surface area contributed by atoms with Gasteiger partial charge in [-0.15, -0.1) is 0 Å². The number of nitrogens with one attached hydrogen (secondary N) is 2. The third-order valence-corrected chi connectivity index (χ3v) is 6.98. The number of hydrogen-bond donors (Lipinski definition) is 2. The summed E-state index contributed by atoms with van der Waals surface area (Å²) in [5.41, 5.74) is 3.19. The first-order chi connectivity index (χ1) is 21.3. The second kappa shape index (κ2) is 21.0. The van der Waals surface area contributed by atoms with Crippen LogP contribution in [0.2, 0.25) is 5.02 Å². The van der Waals surface area contributed by atoms with Crippen molar-refractivity contribution in [2.45, 2.75) is 66.8 Å². The second-order valence-electron chi connectivity index (χ2n) is 11.2. The highest BCUT2D eigenvalue weighted by atomic mass is 35.5. The highest BCUT2D eigenvalue weighted by Crippen LogP contribution is 2.38. The summed E-state index contributed by atoms with van der Waals surface area (Å²) in [4.78, 5) is 19.0. The number of benzene rings is 3. The van der Waals surface area contributed by atoms with E-state index in [4.69, 9.17) is 21.1 Å². The molecule has 9 heteroatoms. The fourth-order valence-corrected chi connectivity index (χ4v) is 4.87. The highest BCUT2D eigenvalue weighted by Gasteiger charge is 2.39. The molecule has 246 valence electrons. The van der Waals surface area contributed by atoms with E-state index < -0.39 is 5.82 Å². The Bertz CT molecular complexity index is 1360. The molecule has 3 atom stereocenters. The molecule has 0 bridgehead atoms. The Morgan fingerprint density at radius 1 is 1.11 bits per heavy atom. The zero-order chi connectivity index (χ0) is 34.7. The van der Waals surface area contributed by atoms with Gasteiger partial charge >= 0.3 is 0 Å². The number of hydrogen-bond acceptors (Lipinski definition) is 6.